The van der Waals surface area contributed by atoms with Gasteiger partial charge in [0, 0.05) is 16.1 Å². The minimum atomic E-state index is -0.827. The fourth-order valence-corrected chi connectivity index (χ4v) is 3.49. The molecule has 0 aromatic heterocycles. The second kappa shape index (κ2) is 9.58. The van der Waals surface area contributed by atoms with Crippen LogP contribution in [0.25, 0.3) is 6.08 Å². The summed E-state index contributed by atoms with van der Waals surface area (Å²) in [6.45, 7) is 0.266. The van der Waals surface area contributed by atoms with E-state index in [9.17, 15) is 14.4 Å². The maximum atomic E-state index is 13.1. The van der Waals surface area contributed by atoms with Crippen molar-refractivity contribution in [1.29, 1.82) is 0 Å². The van der Waals surface area contributed by atoms with Gasteiger partial charge < -0.3 is 9.47 Å². The van der Waals surface area contributed by atoms with Crippen LogP contribution in [0.15, 0.2) is 78.4 Å². The number of carbonyl (C=O) groups is 3. The first-order chi connectivity index (χ1) is 16.0. The average Bonchev–Trinajstić information content (AvgIpc) is 2.82. The first kappa shape index (κ1) is 22.1. The molecule has 166 valence electrons. The van der Waals surface area contributed by atoms with Gasteiger partial charge in [-0.2, -0.15) is 0 Å². The van der Waals surface area contributed by atoms with Crippen molar-refractivity contribution in [2.75, 3.05) is 12.0 Å². The van der Waals surface area contributed by atoms with Crippen molar-refractivity contribution < 1.29 is 23.9 Å². The number of anilines is 1. The number of amides is 4. The lowest BCUT2D eigenvalue weighted by atomic mass is 10.1. The van der Waals surface area contributed by atoms with Gasteiger partial charge in [0.2, 0.25) is 0 Å². The number of rotatable bonds is 6. The minimum Gasteiger partial charge on any atom is -0.496 e. The van der Waals surface area contributed by atoms with E-state index < -0.39 is 17.8 Å². The summed E-state index contributed by atoms with van der Waals surface area (Å²) in [6, 6.07) is 19.9. The highest BCUT2D eigenvalue weighted by Crippen LogP contribution is 2.27. The van der Waals surface area contributed by atoms with Crippen molar-refractivity contribution in [2.24, 2.45) is 0 Å². The molecule has 3 aromatic carbocycles. The fourth-order valence-electron chi connectivity index (χ4n) is 3.30. The molecule has 0 bridgehead atoms. The van der Waals surface area contributed by atoms with Gasteiger partial charge in [-0.1, -0.05) is 48.0 Å². The molecule has 33 heavy (non-hydrogen) atoms. The molecule has 1 heterocycles. The maximum absolute atomic E-state index is 13.1. The summed E-state index contributed by atoms with van der Waals surface area (Å²) in [5, 5.41) is 2.81. The lowest BCUT2D eigenvalue weighted by Gasteiger charge is -2.26. The van der Waals surface area contributed by atoms with Crippen molar-refractivity contribution in [3.8, 4) is 11.5 Å². The SMILES string of the molecule is COc1ccccc1/C=C1\C(=O)NC(=O)N(c2ccc(OCc3ccccc3Cl)cc2)C1=O. The molecular formula is C25H19ClN2O5. The molecule has 1 aliphatic heterocycles. The van der Waals surface area contributed by atoms with Gasteiger partial charge in [0.05, 0.1) is 12.8 Å². The third kappa shape index (κ3) is 4.73. The van der Waals surface area contributed by atoms with Gasteiger partial charge >= 0.3 is 6.03 Å². The Morgan fingerprint density at radius 2 is 1.64 bits per heavy atom. The third-order valence-corrected chi connectivity index (χ3v) is 5.36. The normalized spacial score (nSPS) is 14.9. The van der Waals surface area contributed by atoms with Gasteiger partial charge in [0.15, 0.2) is 0 Å². The number of imide groups is 2. The van der Waals surface area contributed by atoms with Gasteiger partial charge in [0.25, 0.3) is 11.8 Å². The van der Waals surface area contributed by atoms with Crippen molar-refractivity contribution in [2.45, 2.75) is 6.61 Å². The molecule has 0 atom stereocenters. The number of carbonyl (C=O) groups excluding carboxylic acids is 3. The monoisotopic (exact) mass is 462 g/mol. The van der Waals surface area contributed by atoms with E-state index in [4.69, 9.17) is 21.1 Å². The smallest absolute Gasteiger partial charge is 0.335 e. The number of barbiturate groups is 1. The molecule has 1 saturated heterocycles. The quantitative estimate of drug-likeness (QED) is 0.427. The molecule has 0 saturated carbocycles. The molecule has 4 amide bonds. The van der Waals surface area contributed by atoms with Gasteiger partial charge in [-0.25, -0.2) is 9.69 Å². The van der Waals surface area contributed by atoms with Crippen LogP contribution >= 0.6 is 11.6 Å². The number of nitrogens with zero attached hydrogens (tertiary/aromatic N) is 1. The van der Waals surface area contributed by atoms with E-state index in [1.165, 1.54) is 13.2 Å². The van der Waals surface area contributed by atoms with Crippen LogP contribution < -0.4 is 19.7 Å². The van der Waals surface area contributed by atoms with E-state index in [2.05, 4.69) is 5.32 Å². The number of para-hydroxylation sites is 1. The largest absolute Gasteiger partial charge is 0.496 e. The predicted molar refractivity (Wildman–Crippen MR) is 124 cm³/mol. The number of hydrogen-bond donors (Lipinski definition) is 1. The molecular weight excluding hydrogens is 444 g/mol. The molecule has 8 heteroatoms. The Hall–Kier alpha value is -4.10. The average molecular weight is 463 g/mol. The van der Waals surface area contributed by atoms with Crippen LogP contribution in [0.1, 0.15) is 11.1 Å². The zero-order valence-electron chi connectivity index (χ0n) is 17.6. The number of methoxy groups -OCH3 is 1. The molecule has 7 nitrogen and oxygen atoms in total. The first-order valence-electron chi connectivity index (χ1n) is 9.98. The molecule has 1 aliphatic rings. The van der Waals surface area contributed by atoms with Crippen LogP contribution in [-0.2, 0) is 16.2 Å². The van der Waals surface area contributed by atoms with Crippen LogP contribution in [0, 0.1) is 0 Å². The standard InChI is InChI=1S/C25H19ClN2O5/c1-32-22-9-5-3-6-16(22)14-20-23(29)27-25(31)28(24(20)30)18-10-12-19(13-11-18)33-15-17-7-2-4-8-21(17)26/h2-14H,15H2,1H3,(H,27,29,31)/b20-14+. The Labute approximate surface area is 195 Å². The van der Waals surface area contributed by atoms with Gasteiger partial charge in [-0.3, -0.25) is 14.9 Å². The van der Waals surface area contributed by atoms with E-state index in [0.717, 1.165) is 10.5 Å². The molecule has 0 unspecified atom stereocenters. The molecule has 0 aliphatic carbocycles. The third-order valence-electron chi connectivity index (χ3n) is 4.99. The topological polar surface area (TPSA) is 84.9 Å². The highest BCUT2D eigenvalue weighted by atomic mass is 35.5. The lowest BCUT2D eigenvalue weighted by molar-refractivity contribution is -0.122. The second-order valence-electron chi connectivity index (χ2n) is 7.07. The van der Waals surface area contributed by atoms with Crippen LogP contribution in [0.5, 0.6) is 11.5 Å². The first-order valence-corrected chi connectivity index (χ1v) is 10.4. The summed E-state index contributed by atoms with van der Waals surface area (Å²) in [4.78, 5) is 38.8. The van der Waals surface area contributed by atoms with Crippen LogP contribution in [-0.4, -0.2) is 25.0 Å². The van der Waals surface area contributed by atoms with Gasteiger partial charge in [0.1, 0.15) is 23.7 Å². The number of halogens is 1. The zero-order chi connectivity index (χ0) is 23.4. The Kier molecular flexibility index (Phi) is 6.42. The molecule has 4 rings (SSSR count). The Morgan fingerprint density at radius 3 is 2.36 bits per heavy atom. The van der Waals surface area contributed by atoms with Crippen LogP contribution in [0.2, 0.25) is 5.02 Å². The Balaban J connectivity index is 1.55. The highest BCUT2D eigenvalue weighted by Gasteiger charge is 2.37. The van der Waals surface area contributed by atoms with Crippen molar-refractivity contribution >= 4 is 41.2 Å². The number of urea groups is 1. The summed E-state index contributed by atoms with van der Waals surface area (Å²) in [5.41, 5.74) is 1.48. The van der Waals surface area contributed by atoms with Crippen molar-refractivity contribution in [3.05, 3.63) is 94.5 Å². The molecule has 1 fully saturated rings. The Morgan fingerprint density at radius 1 is 0.939 bits per heavy atom. The lowest BCUT2D eigenvalue weighted by Crippen LogP contribution is -2.54. The number of hydrogen-bond acceptors (Lipinski definition) is 5. The summed E-state index contributed by atoms with van der Waals surface area (Å²) in [5.74, 6) is -0.482. The van der Waals surface area contributed by atoms with Gasteiger partial charge in [-0.15, -0.1) is 0 Å². The van der Waals surface area contributed by atoms with Crippen molar-refractivity contribution in [1.82, 2.24) is 5.32 Å². The van der Waals surface area contributed by atoms with E-state index in [1.54, 1.807) is 54.6 Å². The van der Waals surface area contributed by atoms with Crippen LogP contribution in [0.4, 0.5) is 10.5 Å². The predicted octanol–water partition coefficient (Wildman–Crippen LogP) is 4.59. The van der Waals surface area contributed by atoms with Crippen LogP contribution in [0.3, 0.4) is 0 Å². The zero-order valence-corrected chi connectivity index (χ0v) is 18.3. The van der Waals surface area contributed by atoms with E-state index >= 15 is 0 Å². The molecule has 1 N–H and O–H groups in total. The molecule has 3 aromatic rings. The second-order valence-corrected chi connectivity index (χ2v) is 7.48. The highest BCUT2D eigenvalue weighted by molar-refractivity contribution is 6.39. The number of benzene rings is 3. The van der Waals surface area contributed by atoms with Gasteiger partial charge in [-0.05, 0) is 42.5 Å². The number of ether oxygens (including phenoxy) is 2. The molecule has 0 radical (unpaired) electrons. The van der Waals surface area contributed by atoms with E-state index in [1.807, 2.05) is 18.2 Å². The number of nitrogens with one attached hydrogen (secondary N) is 1. The summed E-state index contributed by atoms with van der Waals surface area (Å²) in [6.07, 6.45) is 1.40. The minimum absolute atomic E-state index is 0.182. The summed E-state index contributed by atoms with van der Waals surface area (Å²) >= 11 is 6.14. The maximum Gasteiger partial charge on any atom is 0.335 e. The summed E-state index contributed by atoms with van der Waals surface area (Å²) in [7, 11) is 1.49. The Bertz CT molecular complexity index is 1250. The van der Waals surface area contributed by atoms with Crippen molar-refractivity contribution in [3.63, 3.8) is 0 Å². The summed E-state index contributed by atoms with van der Waals surface area (Å²) < 4.78 is 11.0. The van der Waals surface area contributed by atoms with E-state index in [-0.39, 0.29) is 12.2 Å². The van der Waals surface area contributed by atoms with E-state index in [0.29, 0.717) is 27.8 Å². The molecule has 0 spiro atoms. The fraction of sp³-hybridized carbons (Fsp3) is 0.0800.